The van der Waals surface area contributed by atoms with Crippen LogP contribution in [0.3, 0.4) is 0 Å². The zero-order valence-corrected chi connectivity index (χ0v) is 12.9. The molecule has 0 heterocycles. The molecule has 1 fully saturated rings. The topological polar surface area (TPSA) is 46.5 Å². The highest BCUT2D eigenvalue weighted by atomic mass is 79.9. The largest absolute Gasteiger partial charge is 0.490 e. The van der Waals surface area contributed by atoms with Gasteiger partial charge in [0.2, 0.25) is 0 Å². The molecule has 0 saturated heterocycles. The molecule has 1 aliphatic rings. The zero-order valence-electron chi connectivity index (χ0n) is 11.3. The number of ether oxygens (including phenoxy) is 1. The molecule has 20 heavy (non-hydrogen) atoms. The summed E-state index contributed by atoms with van der Waals surface area (Å²) in [5.41, 5.74) is 0.797. The van der Waals surface area contributed by atoms with Crippen LogP contribution in [-0.4, -0.2) is 17.2 Å². The van der Waals surface area contributed by atoms with E-state index in [1.54, 1.807) is 6.08 Å². The SMILES string of the molecule is O=C(O)/C=C/c1cc(Br)ccc1OC1CCCCCC1. The second-order valence-electron chi connectivity index (χ2n) is 5.09. The lowest BCUT2D eigenvalue weighted by Crippen LogP contribution is -2.15. The summed E-state index contributed by atoms with van der Waals surface area (Å²) in [7, 11) is 0. The van der Waals surface area contributed by atoms with Crippen molar-refractivity contribution < 1.29 is 14.6 Å². The van der Waals surface area contributed by atoms with Crippen molar-refractivity contribution in [1.82, 2.24) is 0 Å². The van der Waals surface area contributed by atoms with Gasteiger partial charge in [0.05, 0.1) is 6.10 Å². The van der Waals surface area contributed by atoms with Crippen molar-refractivity contribution in [2.45, 2.75) is 44.6 Å². The fraction of sp³-hybridized carbons (Fsp3) is 0.438. The molecule has 1 aromatic rings. The Balaban J connectivity index is 2.14. The second-order valence-corrected chi connectivity index (χ2v) is 6.00. The van der Waals surface area contributed by atoms with E-state index in [0.29, 0.717) is 0 Å². The van der Waals surface area contributed by atoms with Crippen molar-refractivity contribution in [2.75, 3.05) is 0 Å². The van der Waals surface area contributed by atoms with E-state index in [9.17, 15) is 4.79 Å². The second kappa shape index (κ2) is 7.48. The third kappa shape index (κ3) is 4.67. The van der Waals surface area contributed by atoms with Gasteiger partial charge in [-0.1, -0.05) is 28.8 Å². The standard InChI is InChI=1S/C16H19BrO3/c17-13-8-9-15(12(11-13)7-10-16(18)19)20-14-5-3-1-2-4-6-14/h7-11,14H,1-6H2,(H,18,19)/b10-7+. The molecule has 3 nitrogen and oxygen atoms in total. The summed E-state index contributed by atoms with van der Waals surface area (Å²) in [6, 6.07) is 5.70. The molecule has 0 spiro atoms. The molecule has 1 aliphatic carbocycles. The monoisotopic (exact) mass is 338 g/mol. The average Bonchev–Trinajstić information content (AvgIpc) is 2.67. The quantitative estimate of drug-likeness (QED) is 0.642. The van der Waals surface area contributed by atoms with Crippen molar-refractivity contribution in [3.8, 4) is 5.75 Å². The van der Waals surface area contributed by atoms with Crippen LogP contribution in [0.25, 0.3) is 6.08 Å². The van der Waals surface area contributed by atoms with Crippen LogP contribution in [0.1, 0.15) is 44.1 Å². The van der Waals surface area contributed by atoms with E-state index in [1.807, 2.05) is 18.2 Å². The number of hydrogen-bond donors (Lipinski definition) is 1. The Kier molecular flexibility index (Phi) is 5.65. The van der Waals surface area contributed by atoms with Gasteiger partial charge in [0.25, 0.3) is 0 Å². The third-order valence-corrected chi connectivity index (χ3v) is 3.97. The smallest absolute Gasteiger partial charge is 0.328 e. The van der Waals surface area contributed by atoms with Gasteiger partial charge < -0.3 is 9.84 Å². The Hall–Kier alpha value is -1.29. The van der Waals surface area contributed by atoms with Crippen molar-refractivity contribution in [3.05, 3.63) is 34.3 Å². The third-order valence-electron chi connectivity index (χ3n) is 3.47. The lowest BCUT2D eigenvalue weighted by atomic mass is 10.1. The molecule has 0 atom stereocenters. The van der Waals surface area contributed by atoms with E-state index in [-0.39, 0.29) is 6.10 Å². The Bertz CT molecular complexity index is 488. The van der Waals surface area contributed by atoms with Gasteiger partial charge in [-0.3, -0.25) is 0 Å². The molecule has 2 rings (SSSR count). The van der Waals surface area contributed by atoms with Crippen molar-refractivity contribution >= 4 is 28.0 Å². The maximum absolute atomic E-state index is 10.7. The Morgan fingerprint density at radius 2 is 1.95 bits per heavy atom. The Morgan fingerprint density at radius 1 is 1.25 bits per heavy atom. The number of halogens is 1. The summed E-state index contributed by atoms with van der Waals surface area (Å²) in [6.07, 6.45) is 10.1. The molecule has 1 aromatic carbocycles. The van der Waals surface area contributed by atoms with E-state index in [0.717, 1.165) is 34.7 Å². The maximum Gasteiger partial charge on any atom is 0.328 e. The van der Waals surface area contributed by atoms with Crippen LogP contribution in [0, 0.1) is 0 Å². The molecule has 0 bridgehead atoms. The van der Waals surface area contributed by atoms with Crippen LogP contribution in [-0.2, 0) is 4.79 Å². The van der Waals surface area contributed by atoms with Gasteiger partial charge in [-0.15, -0.1) is 0 Å². The highest BCUT2D eigenvalue weighted by Crippen LogP contribution is 2.28. The molecule has 108 valence electrons. The molecule has 0 aromatic heterocycles. The van der Waals surface area contributed by atoms with Gasteiger partial charge in [0, 0.05) is 16.1 Å². The minimum atomic E-state index is -0.953. The first kappa shape index (κ1) is 15.1. The number of hydrogen-bond acceptors (Lipinski definition) is 2. The van der Waals surface area contributed by atoms with Crippen molar-refractivity contribution in [1.29, 1.82) is 0 Å². The molecule has 0 amide bonds. The van der Waals surface area contributed by atoms with Crippen molar-refractivity contribution in [2.24, 2.45) is 0 Å². The summed E-state index contributed by atoms with van der Waals surface area (Å²) >= 11 is 3.40. The Labute approximate surface area is 127 Å². The van der Waals surface area contributed by atoms with Crippen molar-refractivity contribution in [3.63, 3.8) is 0 Å². The molecule has 0 radical (unpaired) electrons. The average molecular weight is 339 g/mol. The molecular formula is C16H19BrO3. The van der Waals surface area contributed by atoms with Crippen LogP contribution in [0.15, 0.2) is 28.7 Å². The first-order chi connectivity index (χ1) is 9.65. The minimum Gasteiger partial charge on any atom is -0.490 e. The highest BCUT2D eigenvalue weighted by molar-refractivity contribution is 9.10. The lowest BCUT2D eigenvalue weighted by molar-refractivity contribution is -0.131. The number of aliphatic carboxylic acids is 1. The lowest BCUT2D eigenvalue weighted by Gasteiger charge is -2.18. The van der Waals surface area contributed by atoms with Gasteiger partial charge in [-0.05, 0) is 50.0 Å². The van der Waals surface area contributed by atoms with Gasteiger partial charge in [0.1, 0.15) is 5.75 Å². The van der Waals surface area contributed by atoms with Gasteiger partial charge in [0.15, 0.2) is 0 Å². The van der Waals surface area contributed by atoms with Gasteiger partial charge in [-0.2, -0.15) is 0 Å². The number of benzene rings is 1. The number of carbonyl (C=O) groups is 1. The summed E-state index contributed by atoms with van der Waals surface area (Å²) in [5.74, 6) is -0.192. The van der Waals surface area contributed by atoms with E-state index in [4.69, 9.17) is 9.84 Å². The molecule has 0 unspecified atom stereocenters. The zero-order chi connectivity index (χ0) is 14.4. The van der Waals surface area contributed by atoms with Crippen LogP contribution in [0.2, 0.25) is 0 Å². The number of carboxylic acids is 1. The number of carboxylic acid groups (broad SMARTS) is 1. The van der Waals surface area contributed by atoms with E-state index < -0.39 is 5.97 Å². The number of rotatable bonds is 4. The normalized spacial score (nSPS) is 17.1. The van der Waals surface area contributed by atoms with Crippen LogP contribution >= 0.6 is 15.9 Å². The molecule has 4 heteroatoms. The van der Waals surface area contributed by atoms with Gasteiger partial charge in [-0.25, -0.2) is 4.79 Å². The summed E-state index contributed by atoms with van der Waals surface area (Å²) in [6.45, 7) is 0. The highest BCUT2D eigenvalue weighted by Gasteiger charge is 2.15. The van der Waals surface area contributed by atoms with Crippen LogP contribution in [0.5, 0.6) is 5.75 Å². The molecular weight excluding hydrogens is 320 g/mol. The van der Waals surface area contributed by atoms with E-state index >= 15 is 0 Å². The summed E-state index contributed by atoms with van der Waals surface area (Å²) in [5, 5.41) is 8.75. The van der Waals surface area contributed by atoms with Crippen LogP contribution in [0.4, 0.5) is 0 Å². The molecule has 1 saturated carbocycles. The predicted molar refractivity (Wildman–Crippen MR) is 82.9 cm³/mol. The molecule has 0 aliphatic heterocycles. The Morgan fingerprint density at radius 3 is 2.60 bits per heavy atom. The first-order valence-corrected chi connectivity index (χ1v) is 7.81. The van der Waals surface area contributed by atoms with E-state index in [1.165, 1.54) is 25.7 Å². The van der Waals surface area contributed by atoms with Crippen LogP contribution < -0.4 is 4.74 Å². The fourth-order valence-corrected chi connectivity index (χ4v) is 2.84. The summed E-state index contributed by atoms with van der Waals surface area (Å²) in [4.78, 5) is 10.7. The summed E-state index contributed by atoms with van der Waals surface area (Å²) < 4.78 is 7.00. The van der Waals surface area contributed by atoms with Gasteiger partial charge >= 0.3 is 5.97 Å². The molecule has 1 N–H and O–H groups in total. The maximum atomic E-state index is 10.7. The first-order valence-electron chi connectivity index (χ1n) is 7.02. The predicted octanol–water partition coefficient (Wildman–Crippen LogP) is 4.65. The fourth-order valence-electron chi connectivity index (χ4n) is 2.46. The minimum absolute atomic E-state index is 0.246. The van der Waals surface area contributed by atoms with E-state index in [2.05, 4.69) is 15.9 Å².